The van der Waals surface area contributed by atoms with E-state index in [1.165, 1.54) is 22.7 Å². The number of carbonyl (C=O) groups excluding carboxylic acids is 2. The van der Waals surface area contributed by atoms with Gasteiger partial charge >= 0.3 is 0 Å². The summed E-state index contributed by atoms with van der Waals surface area (Å²) in [6.07, 6.45) is 0. The molecule has 0 radical (unpaired) electrons. The van der Waals surface area contributed by atoms with Crippen LogP contribution < -0.4 is 10.1 Å². The van der Waals surface area contributed by atoms with E-state index < -0.39 is 0 Å². The van der Waals surface area contributed by atoms with Crippen molar-refractivity contribution in [3.05, 3.63) is 28.2 Å². The normalized spacial score (nSPS) is 14.4. The predicted octanol–water partition coefficient (Wildman–Crippen LogP) is 2.35. The number of carbonyl (C=O) groups is 2. The number of amides is 2. The smallest absolute Gasteiger partial charge is 0.258 e. The molecule has 118 valence electrons. The summed E-state index contributed by atoms with van der Waals surface area (Å²) in [5, 5.41) is 3.49. The minimum Gasteiger partial charge on any atom is -0.482 e. The average molecular weight is 379 g/mol. The monoisotopic (exact) mass is 378 g/mol. The first-order valence-corrected chi connectivity index (χ1v) is 8.44. The molecule has 5 nitrogen and oxygen atoms in total. The molecule has 1 aromatic rings. The predicted molar refractivity (Wildman–Crippen MR) is 91.7 cm³/mol. The van der Waals surface area contributed by atoms with E-state index in [-0.39, 0.29) is 18.4 Å². The van der Waals surface area contributed by atoms with Gasteiger partial charge in [0.15, 0.2) is 6.61 Å². The van der Waals surface area contributed by atoms with Crippen LogP contribution in [-0.2, 0) is 9.59 Å². The molecule has 1 aliphatic heterocycles. The van der Waals surface area contributed by atoms with Gasteiger partial charge in [0.1, 0.15) is 10.1 Å². The fourth-order valence-electron chi connectivity index (χ4n) is 1.69. The molecule has 0 aromatic heterocycles. The Balaban J connectivity index is 1.72. The van der Waals surface area contributed by atoms with Gasteiger partial charge in [-0.1, -0.05) is 47.2 Å². The number of hydrogen-bond acceptors (Lipinski definition) is 5. The Bertz CT molecular complexity index is 597. The van der Waals surface area contributed by atoms with Gasteiger partial charge in [-0.05, 0) is 18.2 Å². The highest BCUT2D eigenvalue weighted by Crippen LogP contribution is 2.27. The fourth-order valence-corrected chi connectivity index (χ4v) is 3.28. The molecule has 2 rings (SSSR count). The number of halogens is 2. The second kappa shape index (κ2) is 8.01. The van der Waals surface area contributed by atoms with E-state index in [9.17, 15) is 9.59 Å². The molecule has 1 fully saturated rings. The van der Waals surface area contributed by atoms with Crippen molar-refractivity contribution in [3.8, 4) is 5.75 Å². The molecular weight excluding hydrogens is 367 g/mol. The maximum absolute atomic E-state index is 11.7. The van der Waals surface area contributed by atoms with Crippen LogP contribution in [0.1, 0.15) is 0 Å². The van der Waals surface area contributed by atoms with E-state index in [4.69, 9.17) is 40.2 Å². The van der Waals surface area contributed by atoms with Crippen LogP contribution in [0, 0.1) is 0 Å². The SMILES string of the molecule is O=C(COc1ccc(Cl)cc1Cl)NCCN1C(=O)CSC1=S. The van der Waals surface area contributed by atoms with Crippen LogP contribution in [0.2, 0.25) is 10.0 Å². The molecular formula is C13H12Cl2N2O3S2. The van der Waals surface area contributed by atoms with Crippen LogP contribution in [0.25, 0.3) is 0 Å². The largest absolute Gasteiger partial charge is 0.482 e. The Hall–Kier alpha value is -1.02. The van der Waals surface area contributed by atoms with Gasteiger partial charge in [0.25, 0.3) is 5.91 Å². The molecule has 1 N–H and O–H groups in total. The first-order valence-electron chi connectivity index (χ1n) is 6.29. The molecule has 2 amide bonds. The average Bonchev–Trinajstić information content (AvgIpc) is 2.78. The fraction of sp³-hybridized carbons (Fsp3) is 0.308. The van der Waals surface area contributed by atoms with E-state index >= 15 is 0 Å². The van der Waals surface area contributed by atoms with Crippen LogP contribution in [0.3, 0.4) is 0 Å². The van der Waals surface area contributed by atoms with Gasteiger partial charge in [0.2, 0.25) is 5.91 Å². The Morgan fingerprint density at radius 2 is 2.23 bits per heavy atom. The molecule has 1 aliphatic rings. The van der Waals surface area contributed by atoms with Gasteiger partial charge < -0.3 is 10.1 Å². The second-order valence-corrected chi connectivity index (χ2v) is 6.77. The van der Waals surface area contributed by atoms with Crippen LogP contribution in [-0.4, -0.2) is 46.5 Å². The molecule has 0 bridgehead atoms. The molecule has 0 atom stereocenters. The third kappa shape index (κ3) is 4.74. The van der Waals surface area contributed by atoms with Crippen LogP contribution in [0.4, 0.5) is 0 Å². The minimum atomic E-state index is -0.309. The molecule has 0 aliphatic carbocycles. The molecule has 0 saturated carbocycles. The maximum Gasteiger partial charge on any atom is 0.258 e. The van der Waals surface area contributed by atoms with Crippen molar-refractivity contribution >= 4 is 63.3 Å². The molecule has 9 heteroatoms. The lowest BCUT2D eigenvalue weighted by molar-refractivity contribution is -0.125. The summed E-state index contributed by atoms with van der Waals surface area (Å²) < 4.78 is 5.85. The van der Waals surface area contributed by atoms with Gasteiger partial charge in [-0.2, -0.15) is 0 Å². The number of nitrogens with zero attached hydrogens (tertiary/aromatic N) is 1. The highest BCUT2D eigenvalue weighted by atomic mass is 35.5. The minimum absolute atomic E-state index is 0.0338. The van der Waals surface area contributed by atoms with E-state index in [1.54, 1.807) is 12.1 Å². The quantitative estimate of drug-likeness (QED) is 0.769. The van der Waals surface area contributed by atoms with Crippen molar-refractivity contribution < 1.29 is 14.3 Å². The number of thioether (sulfide) groups is 1. The number of ether oxygens (including phenoxy) is 1. The number of benzene rings is 1. The van der Waals surface area contributed by atoms with Gasteiger partial charge in [-0.25, -0.2) is 0 Å². The summed E-state index contributed by atoms with van der Waals surface area (Å²) in [6.45, 7) is 0.496. The zero-order valence-corrected chi connectivity index (χ0v) is 14.4. The Labute approximate surface area is 147 Å². The van der Waals surface area contributed by atoms with Crippen molar-refractivity contribution in [2.75, 3.05) is 25.4 Å². The van der Waals surface area contributed by atoms with Crippen LogP contribution in [0.5, 0.6) is 5.75 Å². The van der Waals surface area contributed by atoms with Crippen molar-refractivity contribution in [1.82, 2.24) is 10.2 Å². The van der Waals surface area contributed by atoms with Crippen molar-refractivity contribution in [2.45, 2.75) is 0 Å². The Morgan fingerprint density at radius 3 is 2.86 bits per heavy atom. The Kier molecular flexibility index (Phi) is 6.31. The lowest BCUT2D eigenvalue weighted by Gasteiger charge is -2.15. The van der Waals surface area contributed by atoms with E-state index in [2.05, 4.69) is 5.32 Å². The van der Waals surface area contributed by atoms with E-state index in [0.717, 1.165) is 0 Å². The van der Waals surface area contributed by atoms with Gasteiger partial charge in [-0.15, -0.1) is 0 Å². The lowest BCUT2D eigenvalue weighted by atomic mass is 10.3. The number of nitrogens with one attached hydrogen (secondary N) is 1. The summed E-state index contributed by atoms with van der Waals surface area (Å²) in [4.78, 5) is 24.7. The van der Waals surface area contributed by atoms with Crippen LogP contribution in [0.15, 0.2) is 18.2 Å². The van der Waals surface area contributed by atoms with Crippen LogP contribution >= 0.6 is 47.2 Å². The zero-order chi connectivity index (χ0) is 16.1. The van der Waals surface area contributed by atoms with Gasteiger partial charge in [-0.3, -0.25) is 14.5 Å². The standard InChI is InChI=1S/C13H12Cl2N2O3S2/c14-8-1-2-10(9(15)5-8)20-6-11(18)16-3-4-17-12(19)7-22-13(17)21/h1-2,5H,3-4,6-7H2,(H,16,18). The third-order valence-corrected chi connectivity index (χ3v) is 4.71. The first kappa shape index (κ1) is 17.3. The summed E-state index contributed by atoms with van der Waals surface area (Å²) in [5.41, 5.74) is 0. The Morgan fingerprint density at radius 1 is 1.45 bits per heavy atom. The van der Waals surface area contributed by atoms with Crippen molar-refractivity contribution in [1.29, 1.82) is 0 Å². The topological polar surface area (TPSA) is 58.6 Å². The first-order chi connectivity index (χ1) is 10.5. The highest BCUT2D eigenvalue weighted by Gasteiger charge is 2.25. The molecule has 22 heavy (non-hydrogen) atoms. The highest BCUT2D eigenvalue weighted by molar-refractivity contribution is 8.23. The van der Waals surface area contributed by atoms with E-state index in [1.807, 2.05) is 0 Å². The van der Waals surface area contributed by atoms with Crippen molar-refractivity contribution in [3.63, 3.8) is 0 Å². The van der Waals surface area contributed by atoms with Gasteiger partial charge in [0, 0.05) is 18.1 Å². The summed E-state index contributed by atoms with van der Waals surface area (Å²) in [7, 11) is 0. The molecule has 1 saturated heterocycles. The zero-order valence-electron chi connectivity index (χ0n) is 11.3. The molecule has 1 heterocycles. The lowest BCUT2D eigenvalue weighted by Crippen LogP contribution is -2.38. The van der Waals surface area contributed by atoms with Gasteiger partial charge in [0.05, 0.1) is 10.8 Å². The number of rotatable bonds is 6. The third-order valence-electron chi connectivity index (χ3n) is 2.75. The summed E-state index contributed by atoms with van der Waals surface area (Å²) in [6, 6.07) is 4.75. The van der Waals surface area contributed by atoms with Crippen molar-refractivity contribution in [2.24, 2.45) is 0 Å². The maximum atomic E-state index is 11.7. The molecule has 0 spiro atoms. The molecule has 0 unspecified atom stereocenters. The van der Waals surface area contributed by atoms with E-state index in [0.29, 0.717) is 39.0 Å². The summed E-state index contributed by atoms with van der Waals surface area (Å²) >= 11 is 18.1. The second-order valence-electron chi connectivity index (χ2n) is 4.31. The number of thiocarbonyl (C=S) groups is 1. The molecule has 1 aromatic carbocycles. The number of hydrogen-bond donors (Lipinski definition) is 1. The summed E-state index contributed by atoms with van der Waals surface area (Å²) in [5.74, 6) is 0.406.